The lowest BCUT2D eigenvalue weighted by Gasteiger charge is -1.97. The monoisotopic (exact) mass is 256 g/mol. The Morgan fingerprint density at radius 1 is 1.43 bits per heavy atom. The predicted octanol–water partition coefficient (Wildman–Crippen LogP) is 3.32. The molecule has 0 bridgehead atoms. The van der Waals surface area contributed by atoms with Gasteiger partial charge in [0.15, 0.2) is 0 Å². The fourth-order valence-corrected chi connectivity index (χ4v) is 2.73. The fraction of sp³-hybridized carbons (Fsp3) is 0.727. The van der Waals surface area contributed by atoms with Crippen LogP contribution in [0.5, 0.6) is 0 Å². The molecular formula is C11H17BrN2. The van der Waals surface area contributed by atoms with Gasteiger partial charge in [-0.2, -0.15) is 5.10 Å². The normalized spacial score (nSPS) is 14.7. The van der Waals surface area contributed by atoms with Crippen molar-refractivity contribution in [2.75, 3.05) is 0 Å². The van der Waals surface area contributed by atoms with Gasteiger partial charge in [0.1, 0.15) is 0 Å². The summed E-state index contributed by atoms with van der Waals surface area (Å²) in [7, 11) is 0. The van der Waals surface area contributed by atoms with Crippen LogP contribution in [0.1, 0.15) is 44.0 Å². The topological polar surface area (TPSA) is 17.8 Å². The van der Waals surface area contributed by atoms with Gasteiger partial charge in [0, 0.05) is 6.54 Å². The second kappa shape index (κ2) is 4.47. The number of hydrogen-bond donors (Lipinski definition) is 0. The summed E-state index contributed by atoms with van der Waals surface area (Å²) < 4.78 is 3.46. The zero-order valence-electron chi connectivity index (χ0n) is 8.72. The van der Waals surface area contributed by atoms with Crippen molar-refractivity contribution >= 4 is 15.9 Å². The van der Waals surface area contributed by atoms with E-state index >= 15 is 0 Å². The summed E-state index contributed by atoms with van der Waals surface area (Å²) in [4.78, 5) is 0. The van der Waals surface area contributed by atoms with E-state index < -0.39 is 0 Å². The Hall–Kier alpha value is -0.310. The highest BCUT2D eigenvalue weighted by Gasteiger charge is 2.19. The quantitative estimate of drug-likeness (QED) is 0.756. The van der Waals surface area contributed by atoms with E-state index in [2.05, 4.69) is 32.6 Å². The summed E-state index contributed by atoms with van der Waals surface area (Å²) in [5.41, 5.74) is 2.68. The molecule has 0 fully saturated rings. The van der Waals surface area contributed by atoms with Gasteiger partial charge in [-0.1, -0.05) is 19.8 Å². The number of rotatable bonds is 4. The van der Waals surface area contributed by atoms with Crippen LogP contribution >= 0.6 is 15.9 Å². The van der Waals surface area contributed by atoms with Crippen molar-refractivity contribution in [2.24, 2.45) is 0 Å². The maximum atomic E-state index is 4.63. The SMILES string of the molecule is CCCCCc1nn2c(c1Br)CCC2. The van der Waals surface area contributed by atoms with Crippen molar-refractivity contribution in [3.05, 3.63) is 15.9 Å². The van der Waals surface area contributed by atoms with Crippen molar-refractivity contribution in [1.29, 1.82) is 0 Å². The molecule has 0 spiro atoms. The Balaban J connectivity index is 2.04. The molecule has 1 aromatic rings. The standard InChI is InChI=1S/C11H17BrN2/c1-2-3-4-6-9-11(12)10-7-5-8-14(10)13-9/h2-8H2,1H3. The number of unbranched alkanes of at least 4 members (excludes halogenated alkanes) is 2. The summed E-state index contributed by atoms with van der Waals surface area (Å²) >= 11 is 3.67. The molecule has 0 saturated heterocycles. The van der Waals surface area contributed by atoms with E-state index in [0.717, 1.165) is 13.0 Å². The van der Waals surface area contributed by atoms with Crippen molar-refractivity contribution in [3.63, 3.8) is 0 Å². The first kappa shape index (κ1) is 10.2. The number of aromatic nitrogens is 2. The van der Waals surface area contributed by atoms with Crippen LogP contribution in [0, 0.1) is 0 Å². The van der Waals surface area contributed by atoms with E-state index in [4.69, 9.17) is 0 Å². The Labute approximate surface area is 93.8 Å². The summed E-state index contributed by atoms with van der Waals surface area (Å²) in [6, 6.07) is 0. The van der Waals surface area contributed by atoms with Crippen LogP contribution in [0.3, 0.4) is 0 Å². The minimum atomic E-state index is 1.11. The first-order valence-electron chi connectivity index (χ1n) is 5.57. The van der Waals surface area contributed by atoms with Gasteiger partial charge in [-0.25, -0.2) is 0 Å². The average Bonchev–Trinajstić information content (AvgIpc) is 2.72. The largest absolute Gasteiger partial charge is 0.268 e. The minimum absolute atomic E-state index is 1.11. The van der Waals surface area contributed by atoms with Gasteiger partial charge in [-0.3, -0.25) is 4.68 Å². The molecule has 0 aromatic carbocycles. The van der Waals surface area contributed by atoms with Crippen molar-refractivity contribution in [3.8, 4) is 0 Å². The third-order valence-electron chi connectivity index (χ3n) is 2.86. The van der Waals surface area contributed by atoms with Crippen LogP contribution in [0.2, 0.25) is 0 Å². The van der Waals surface area contributed by atoms with Crippen LogP contribution < -0.4 is 0 Å². The second-order valence-corrected chi connectivity index (χ2v) is 4.78. The van der Waals surface area contributed by atoms with E-state index in [1.54, 1.807) is 0 Å². The summed E-state index contributed by atoms with van der Waals surface area (Å²) in [5.74, 6) is 0. The lowest BCUT2D eigenvalue weighted by molar-refractivity contribution is 0.630. The number of nitrogens with zero attached hydrogens (tertiary/aromatic N) is 2. The molecule has 0 amide bonds. The summed E-state index contributed by atoms with van der Waals surface area (Å²) in [6.07, 6.45) is 7.46. The molecule has 14 heavy (non-hydrogen) atoms. The van der Waals surface area contributed by atoms with Crippen molar-refractivity contribution in [2.45, 2.75) is 52.0 Å². The molecule has 0 N–H and O–H groups in total. The van der Waals surface area contributed by atoms with E-state index in [9.17, 15) is 0 Å². The molecule has 2 heterocycles. The van der Waals surface area contributed by atoms with Crippen molar-refractivity contribution in [1.82, 2.24) is 9.78 Å². The van der Waals surface area contributed by atoms with E-state index in [1.807, 2.05) is 0 Å². The lowest BCUT2D eigenvalue weighted by atomic mass is 10.1. The first-order chi connectivity index (χ1) is 6.83. The molecule has 1 aromatic heterocycles. The number of hydrogen-bond acceptors (Lipinski definition) is 1. The third-order valence-corrected chi connectivity index (χ3v) is 3.78. The summed E-state index contributed by atoms with van der Waals surface area (Å²) in [5, 5.41) is 4.63. The van der Waals surface area contributed by atoms with Gasteiger partial charge in [-0.05, 0) is 41.6 Å². The van der Waals surface area contributed by atoms with E-state index in [0.29, 0.717) is 0 Å². The molecule has 0 aliphatic carbocycles. The molecule has 78 valence electrons. The molecule has 1 aliphatic heterocycles. The van der Waals surface area contributed by atoms with Crippen molar-refractivity contribution < 1.29 is 0 Å². The fourth-order valence-electron chi connectivity index (χ4n) is 2.05. The van der Waals surface area contributed by atoms with Gasteiger partial charge < -0.3 is 0 Å². The Morgan fingerprint density at radius 3 is 3.00 bits per heavy atom. The van der Waals surface area contributed by atoms with Crippen LogP contribution in [-0.2, 0) is 19.4 Å². The zero-order chi connectivity index (χ0) is 9.97. The highest BCUT2D eigenvalue weighted by atomic mass is 79.9. The Bertz CT molecular complexity index is 317. The van der Waals surface area contributed by atoms with Gasteiger partial charge in [0.2, 0.25) is 0 Å². The van der Waals surface area contributed by atoms with Crippen LogP contribution in [0.15, 0.2) is 4.47 Å². The number of aryl methyl sites for hydroxylation is 2. The third kappa shape index (κ3) is 1.88. The predicted molar refractivity (Wildman–Crippen MR) is 61.5 cm³/mol. The maximum Gasteiger partial charge on any atom is 0.0769 e. The molecule has 0 radical (unpaired) electrons. The lowest BCUT2D eigenvalue weighted by Crippen LogP contribution is -1.95. The molecule has 3 heteroatoms. The maximum absolute atomic E-state index is 4.63. The molecule has 0 atom stereocenters. The number of halogens is 1. The number of fused-ring (bicyclic) bond motifs is 1. The molecular weight excluding hydrogens is 240 g/mol. The van der Waals surface area contributed by atoms with Gasteiger partial charge in [0.05, 0.1) is 15.9 Å². The van der Waals surface area contributed by atoms with Crippen LogP contribution in [-0.4, -0.2) is 9.78 Å². The minimum Gasteiger partial charge on any atom is -0.268 e. The Morgan fingerprint density at radius 2 is 2.29 bits per heavy atom. The van der Waals surface area contributed by atoms with Gasteiger partial charge in [0.25, 0.3) is 0 Å². The summed E-state index contributed by atoms with van der Waals surface area (Å²) in [6.45, 7) is 3.35. The van der Waals surface area contributed by atoms with Crippen LogP contribution in [0.25, 0.3) is 0 Å². The first-order valence-corrected chi connectivity index (χ1v) is 6.36. The highest BCUT2D eigenvalue weighted by molar-refractivity contribution is 9.10. The molecule has 2 rings (SSSR count). The molecule has 0 unspecified atom stereocenters. The molecule has 1 aliphatic rings. The zero-order valence-corrected chi connectivity index (χ0v) is 10.3. The smallest absolute Gasteiger partial charge is 0.0769 e. The molecule has 0 saturated carbocycles. The highest BCUT2D eigenvalue weighted by Crippen LogP contribution is 2.28. The Kier molecular flexibility index (Phi) is 3.26. The molecule has 2 nitrogen and oxygen atoms in total. The average molecular weight is 257 g/mol. The van der Waals surface area contributed by atoms with E-state index in [1.165, 1.54) is 48.0 Å². The van der Waals surface area contributed by atoms with E-state index in [-0.39, 0.29) is 0 Å². The van der Waals surface area contributed by atoms with Crippen LogP contribution in [0.4, 0.5) is 0 Å². The van der Waals surface area contributed by atoms with Gasteiger partial charge in [-0.15, -0.1) is 0 Å². The van der Waals surface area contributed by atoms with Gasteiger partial charge >= 0.3 is 0 Å². The second-order valence-electron chi connectivity index (χ2n) is 3.99.